The quantitative estimate of drug-likeness (QED) is 0.708. The summed E-state index contributed by atoms with van der Waals surface area (Å²) < 4.78 is 15.8. The van der Waals surface area contributed by atoms with Crippen LogP contribution in [0.1, 0.15) is 33.1 Å². The maximum Gasteiger partial charge on any atom is 0.307 e. The van der Waals surface area contributed by atoms with Gasteiger partial charge in [-0.15, -0.1) is 0 Å². The lowest BCUT2D eigenvalue weighted by atomic mass is 9.89. The van der Waals surface area contributed by atoms with Crippen molar-refractivity contribution in [3.8, 4) is 0 Å². The third kappa shape index (κ3) is 2.92. The monoisotopic (exact) mass is 299 g/mol. The van der Waals surface area contributed by atoms with Crippen LogP contribution in [0.25, 0.3) is 0 Å². The standard InChI is InChI=1S/C15H25NO5/c1-10-7-13(17)21-15(10,2)14(18)16-11(8-19-3)5-6-12(16)9-20-4/h10-12H,5-9H2,1-4H3/t10-,11+,12+,15+/m1/s1. The minimum atomic E-state index is -1.07. The minimum absolute atomic E-state index is 0.0194. The molecule has 4 atom stereocenters. The summed E-state index contributed by atoms with van der Waals surface area (Å²) in [6.45, 7) is 4.58. The fraction of sp³-hybridized carbons (Fsp3) is 0.867. The molecule has 120 valence electrons. The van der Waals surface area contributed by atoms with Crippen molar-refractivity contribution in [1.29, 1.82) is 0 Å². The number of cyclic esters (lactones) is 1. The van der Waals surface area contributed by atoms with E-state index >= 15 is 0 Å². The van der Waals surface area contributed by atoms with Crippen LogP contribution in [0.2, 0.25) is 0 Å². The predicted octanol–water partition coefficient (Wildman–Crippen LogP) is 0.980. The number of carbonyl (C=O) groups excluding carboxylic acids is 2. The number of methoxy groups -OCH3 is 2. The first-order valence-electron chi connectivity index (χ1n) is 7.46. The highest BCUT2D eigenvalue weighted by molar-refractivity contribution is 5.91. The average Bonchev–Trinajstić information content (AvgIpc) is 2.92. The Bertz CT molecular complexity index is 399. The maximum atomic E-state index is 13.0. The highest BCUT2D eigenvalue weighted by Gasteiger charge is 2.53. The summed E-state index contributed by atoms with van der Waals surface area (Å²) in [5.74, 6) is -0.545. The van der Waals surface area contributed by atoms with Gasteiger partial charge in [-0.05, 0) is 19.8 Å². The zero-order valence-electron chi connectivity index (χ0n) is 13.3. The van der Waals surface area contributed by atoms with Crippen molar-refractivity contribution in [2.45, 2.75) is 50.8 Å². The number of rotatable bonds is 5. The molecule has 2 aliphatic rings. The first-order chi connectivity index (χ1) is 9.93. The third-order valence-electron chi connectivity index (χ3n) is 4.74. The molecule has 0 N–H and O–H groups in total. The van der Waals surface area contributed by atoms with E-state index in [1.165, 1.54) is 0 Å². The van der Waals surface area contributed by atoms with Crippen LogP contribution in [0.4, 0.5) is 0 Å². The van der Waals surface area contributed by atoms with E-state index in [0.717, 1.165) is 12.8 Å². The second-order valence-electron chi connectivity index (χ2n) is 6.19. The maximum absolute atomic E-state index is 13.0. The summed E-state index contributed by atoms with van der Waals surface area (Å²) in [4.78, 5) is 26.4. The van der Waals surface area contributed by atoms with Gasteiger partial charge in [-0.3, -0.25) is 9.59 Å². The third-order valence-corrected chi connectivity index (χ3v) is 4.74. The normalized spacial score (nSPS) is 36.1. The first kappa shape index (κ1) is 16.2. The lowest BCUT2D eigenvalue weighted by Crippen LogP contribution is -2.55. The molecule has 0 aliphatic carbocycles. The van der Waals surface area contributed by atoms with Gasteiger partial charge in [-0.1, -0.05) is 6.92 Å². The Morgan fingerprint density at radius 3 is 2.19 bits per heavy atom. The van der Waals surface area contributed by atoms with E-state index in [4.69, 9.17) is 14.2 Å². The van der Waals surface area contributed by atoms with Crippen LogP contribution in [0, 0.1) is 5.92 Å². The number of hydrogen-bond acceptors (Lipinski definition) is 5. The highest BCUT2D eigenvalue weighted by Crippen LogP contribution is 2.37. The first-order valence-corrected chi connectivity index (χ1v) is 7.46. The molecule has 2 rings (SSSR count). The van der Waals surface area contributed by atoms with Gasteiger partial charge in [0.25, 0.3) is 5.91 Å². The molecule has 21 heavy (non-hydrogen) atoms. The summed E-state index contributed by atoms with van der Waals surface area (Å²) in [6.07, 6.45) is 2.05. The Morgan fingerprint density at radius 2 is 1.81 bits per heavy atom. The van der Waals surface area contributed by atoms with Crippen molar-refractivity contribution in [2.24, 2.45) is 5.92 Å². The number of carbonyl (C=O) groups is 2. The number of amides is 1. The summed E-state index contributed by atoms with van der Waals surface area (Å²) in [6, 6.07) is 0.0388. The molecular weight excluding hydrogens is 274 g/mol. The highest BCUT2D eigenvalue weighted by atomic mass is 16.6. The Kier molecular flexibility index (Phi) is 4.88. The topological polar surface area (TPSA) is 65.1 Å². The van der Waals surface area contributed by atoms with Crippen LogP contribution in [0.5, 0.6) is 0 Å². The van der Waals surface area contributed by atoms with Gasteiger partial charge in [0.05, 0.1) is 31.7 Å². The molecule has 0 bridgehead atoms. The average molecular weight is 299 g/mol. The van der Waals surface area contributed by atoms with Gasteiger partial charge in [0.2, 0.25) is 0 Å². The van der Waals surface area contributed by atoms with E-state index in [-0.39, 0.29) is 29.9 Å². The van der Waals surface area contributed by atoms with E-state index in [0.29, 0.717) is 19.6 Å². The van der Waals surface area contributed by atoms with Gasteiger partial charge in [-0.2, -0.15) is 0 Å². The van der Waals surface area contributed by atoms with Crippen molar-refractivity contribution < 1.29 is 23.8 Å². The molecule has 2 aliphatic heterocycles. The van der Waals surface area contributed by atoms with Gasteiger partial charge in [0, 0.05) is 20.1 Å². The molecule has 2 saturated heterocycles. The van der Waals surface area contributed by atoms with Gasteiger partial charge < -0.3 is 19.1 Å². The van der Waals surface area contributed by atoms with E-state index in [1.54, 1.807) is 21.1 Å². The second kappa shape index (κ2) is 6.32. The van der Waals surface area contributed by atoms with Crippen molar-refractivity contribution in [3.63, 3.8) is 0 Å². The Morgan fingerprint density at radius 1 is 1.29 bits per heavy atom. The van der Waals surface area contributed by atoms with Crippen LogP contribution < -0.4 is 0 Å². The molecule has 0 aromatic heterocycles. The lowest BCUT2D eigenvalue weighted by molar-refractivity contribution is -0.168. The van der Waals surface area contributed by atoms with E-state index < -0.39 is 5.60 Å². The van der Waals surface area contributed by atoms with Crippen molar-refractivity contribution >= 4 is 11.9 Å². The zero-order chi connectivity index (χ0) is 15.6. The summed E-state index contributed by atoms with van der Waals surface area (Å²) in [7, 11) is 3.26. The SMILES string of the molecule is COC[C@@H]1CC[C@@H](COC)N1C(=O)[C@@]1(C)OC(=O)C[C@H]1C. The molecule has 0 radical (unpaired) electrons. The van der Waals surface area contributed by atoms with Gasteiger partial charge >= 0.3 is 5.97 Å². The van der Waals surface area contributed by atoms with E-state index in [2.05, 4.69) is 0 Å². The van der Waals surface area contributed by atoms with Crippen molar-refractivity contribution in [3.05, 3.63) is 0 Å². The smallest absolute Gasteiger partial charge is 0.307 e. The largest absolute Gasteiger partial charge is 0.449 e. The van der Waals surface area contributed by atoms with Crippen LogP contribution in [-0.4, -0.2) is 61.9 Å². The molecule has 1 amide bonds. The van der Waals surface area contributed by atoms with Crippen molar-refractivity contribution in [2.75, 3.05) is 27.4 Å². The van der Waals surface area contributed by atoms with Crippen LogP contribution in [-0.2, 0) is 23.8 Å². The molecule has 2 fully saturated rings. The van der Waals surface area contributed by atoms with Crippen LogP contribution in [0.3, 0.4) is 0 Å². The predicted molar refractivity (Wildman–Crippen MR) is 75.7 cm³/mol. The molecular formula is C15H25NO5. The summed E-state index contributed by atoms with van der Waals surface area (Å²) >= 11 is 0. The molecule has 6 heteroatoms. The summed E-state index contributed by atoms with van der Waals surface area (Å²) in [5, 5.41) is 0. The number of esters is 1. The van der Waals surface area contributed by atoms with Crippen molar-refractivity contribution in [1.82, 2.24) is 4.90 Å². The Balaban J connectivity index is 2.22. The van der Waals surface area contributed by atoms with Crippen LogP contribution >= 0.6 is 0 Å². The van der Waals surface area contributed by atoms with E-state index in [1.807, 2.05) is 11.8 Å². The zero-order valence-corrected chi connectivity index (χ0v) is 13.3. The molecule has 0 aromatic carbocycles. The Hall–Kier alpha value is -1.14. The second-order valence-corrected chi connectivity index (χ2v) is 6.19. The number of hydrogen-bond donors (Lipinski definition) is 0. The number of nitrogens with zero attached hydrogens (tertiary/aromatic N) is 1. The van der Waals surface area contributed by atoms with Gasteiger partial charge in [-0.25, -0.2) is 0 Å². The molecule has 0 unspecified atom stereocenters. The molecule has 6 nitrogen and oxygen atoms in total. The fourth-order valence-electron chi connectivity index (χ4n) is 3.34. The fourth-order valence-corrected chi connectivity index (χ4v) is 3.34. The molecule has 0 spiro atoms. The van der Waals surface area contributed by atoms with E-state index in [9.17, 15) is 9.59 Å². The Labute approximate surface area is 125 Å². The molecule has 0 saturated carbocycles. The molecule has 0 aromatic rings. The number of likely N-dealkylation sites (tertiary alicyclic amines) is 1. The van der Waals surface area contributed by atoms with Crippen LogP contribution in [0.15, 0.2) is 0 Å². The summed E-state index contributed by atoms with van der Waals surface area (Å²) in [5.41, 5.74) is -1.07. The minimum Gasteiger partial charge on any atom is -0.449 e. The van der Waals surface area contributed by atoms with Gasteiger partial charge in [0.15, 0.2) is 5.60 Å². The number of ether oxygens (including phenoxy) is 3. The lowest BCUT2D eigenvalue weighted by Gasteiger charge is -2.37. The van der Waals surface area contributed by atoms with Gasteiger partial charge in [0.1, 0.15) is 0 Å². The molecule has 2 heterocycles.